The first-order valence-electron chi connectivity index (χ1n) is 10.00. The number of esters is 1. The van der Waals surface area contributed by atoms with E-state index in [9.17, 15) is 14.9 Å². The van der Waals surface area contributed by atoms with Gasteiger partial charge in [0.2, 0.25) is 5.88 Å². The third kappa shape index (κ3) is 3.95. The van der Waals surface area contributed by atoms with Gasteiger partial charge in [0.15, 0.2) is 5.78 Å². The minimum absolute atomic E-state index is 0.0244. The Labute approximate surface area is 180 Å². The summed E-state index contributed by atoms with van der Waals surface area (Å²) in [4.78, 5) is 25.3. The van der Waals surface area contributed by atoms with E-state index in [1.165, 1.54) is 0 Å². The highest BCUT2D eigenvalue weighted by molar-refractivity contribution is 6.00. The number of benzene rings is 2. The van der Waals surface area contributed by atoms with Gasteiger partial charge in [-0.05, 0) is 35.2 Å². The minimum atomic E-state index is -0.601. The molecule has 0 aromatic heterocycles. The Hall–Kier alpha value is -3.85. The molecule has 2 aromatic rings. The number of hydrogen-bond acceptors (Lipinski definition) is 6. The summed E-state index contributed by atoms with van der Waals surface area (Å²) in [5.41, 5.74) is 7.66. The van der Waals surface area contributed by atoms with E-state index in [0.717, 1.165) is 0 Å². The predicted octanol–water partition coefficient (Wildman–Crippen LogP) is 4.36. The second-order valence-corrected chi connectivity index (χ2v) is 8.53. The van der Waals surface area contributed by atoms with Crippen molar-refractivity contribution in [3.8, 4) is 11.8 Å². The Kier molecular flexibility index (Phi) is 5.12. The smallest absolute Gasteiger partial charge is 0.343 e. The lowest BCUT2D eigenvalue weighted by Crippen LogP contribution is -2.33. The summed E-state index contributed by atoms with van der Waals surface area (Å²) < 4.78 is 11.1. The zero-order chi connectivity index (χ0) is 22.2. The second kappa shape index (κ2) is 7.77. The molecule has 6 heteroatoms. The molecule has 1 heterocycles. The molecule has 2 aliphatic rings. The van der Waals surface area contributed by atoms with Crippen molar-refractivity contribution in [2.24, 2.45) is 11.1 Å². The Morgan fingerprint density at radius 1 is 1.13 bits per heavy atom. The van der Waals surface area contributed by atoms with Crippen molar-refractivity contribution in [1.82, 2.24) is 0 Å². The summed E-state index contributed by atoms with van der Waals surface area (Å²) >= 11 is 0. The van der Waals surface area contributed by atoms with Crippen LogP contribution in [0.15, 0.2) is 77.4 Å². The largest absolute Gasteiger partial charge is 0.444 e. The molecule has 0 bridgehead atoms. The Bertz CT molecular complexity index is 1150. The van der Waals surface area contributed by atoms with Crippen LogP contribution in [0.2, 0.25) is 0 Å². The van der Waals surface area contributed by atoms with E-state index in [2.05, 4.69) is 6.07 Å². The van der Waals surface area contributed by atoms with Crippen LogP contribution in [0.4, 0.5) is 0 Å². The van der Waals surface area contributed by atoms with Crippen LogP contribution in [0.1, 0.15) is 48.5 Å². The SMILES string of the molecule is CC1(C)CC(=O)C2=C(C1)OC(N)=C(C#N)[C@H]2c1ccc(OC(=O)c2ccccc2)cc1. The molecule has 4 rings (SSSR count). The number of ether oxygens (including phenoxy) is 2. The number of carbonyl (C=O) groups excluding carboxylic acids is 2. The molecule has 0 saturated heterocycles. The van der Waals surface area contributed by atoms with E-state index in [1.54, 1.807) is 48.5 Å². The minimum Gasteiger partial charge on any atom is -0.444 e. The number of carbonyl (C=O) groups is 2. The van der Waals surface area contributed by atoms with E-state index in [1.807, 2.05) is 19.9 Å². The monoisotopic (exact) mass is 414 g/mol. The van der Waals surface area contributed by atoms with Gasteiger partial charge in [-0.3, -0.25) is 4.79 Å². The molecule has 0 saturated carbocycles. The quantitative estimate of drug-likeness (QED) is 0.591. The zero-order valence-corrected chi connectivity index (χ0v) is 17.3. The Morgan fingerprint density at radius 2 is 1.81 bits per heavy atom. The molecule has 6 nitrogen and oxygen atoms in total. The van der Waals surface area contributed by atoms with Crippen LogP contribution in [0.5, 0.6) is 5.75 Å². The predicted molar refractivity (Wildman–Crippen MR) is 114 cm³/mol. The van der Waals surface area contributed by atoms with Gasteiger partial charge < -0.3 is 15.2 Å². The zero-order valence-electron chi connectivity index (χ0n) is 17.3. The van der Waals surface area contributed by atoms with Gasteiger partial charge in [-0.15, -0.1) is 0 Å². The number of rotatable bonds is 3. The number of allylic oxidation sites excluding steroid dienone is 3. The van der Waals surface area contributed by atoms with Crippen molar-refractivity contribution in [1.29, 1.82) is 5.26 Å². The van der Waals surface area contributed by atoms with E-state index in [-0.39, 0.29) is 22.7 Å². The van der Waals surface area contributed by atoms with Gasteiger partial charge in [0.1, 0.15) is 23.2 Å². The van der Waals surface area contributed by atoms with E-state index in [0.29, 0.717) is 41.1 Å². The molecule has 0 radical (unpaired) electrons. The van der Waals surface area contributed by atoms with Crippen LogP contribution in [0, 0.1) is 16.7 Å². The first-order valence-corrected chi connectivity index (χ1v) is 10.00. The van der Waals surface area contributed by atoms with Crippen molar-refractivity contribution in [2.45, 2.75) is 32.6 Å². The van der Waals surface area contributed by atoms with Crippen LogP contribution in [0.3, 0.4) is 0 Å². The molecular weight excluding hydrogens is 392 g/mol. The van der Waals surface area contributed by atoms with Crippen molar-refractivity contribution in [2.75, 3.05) is 0 Å². The number of hydrogen-bond donors (Lipinski definition) is 1. The van der Waals surface area contributed by atoms with E-state index >= 15 is 0 Å². The molecule has 0 spiro atoms. The summed E-state index contributed by atoms with van der Waals surface area (Å²) in [6, 6.07) is 17.6. The molecule has 2 N–H and O–H groups in total. The Balaban J connectivity index is 1.66. The average molecular weight is 414 g/mol. The maximum absolute atomic E-state index is 13.0. The topological polar surface area (TPSA) is 102 Å². The number of Topliss-reactive ketones (excluding diaryl/α,β-unsaturated/α-hetero) is 1. The van der Waals surface area contributed by atoms with Gasteiger partial charge >= 0.3 is 5.97 Å². The van der Waals surface area contributed by atoms with Crippen LogP contribution in [0.25, 0.3) is 0 Å². The van der Waals surface area contributed by atoms with Gasteiger partial charge in [0, 0.05) is 18.4 Å². The molecule has 1 atom stereocenters. The summed E-state index contributed by atoms with van der Waals surface area (Å²) in [5, 5.41) is 9.70. The molecular formula is C25H22N2O4. The Morgan fingerprint density at radius 3 is 2.45 bits per heavy atom. The van der Waals surface area contributed by atoms with E-state index < -0.39 is 11.9 Å². The molecule has 0 amide bonds. The van der Waals surface area contributed by atoms with Gasteiger partial charge in [-0.2, -0.15) is 5.26 Å². The van der Waals surface area contributed by atoms with Gasteiger partial charge in [0.25, 0.3) is 0 Å². The first kappa shape index (κ1) is 20.4. The number of nitrogens with two attached hydrogens (primary N) is 1. The maximum atomic E-state index is 13.0. The fourth-order valence-electron chi connectivity index (χ4n) is 4.09. The summed E-state index contributed by atoms with van der Waals surface area (Å²) in [5.74, 6) is -0.188. The fourth-order valence-corrected chi connectivity index (χ4v) is 4.09. The summed E-state index contributed by atoms with van der Waals surface area (Å²) in [6.07, 6.45) is 0.938. The highest BCUT2D eigenvalue weighted by Gasteiger charge is 2.42. The van der Waals surface area contributed by atoms with Crippen LogP contribution >= 0.6 is 0 Å². The van der Waals surface area contributed by atoms with Gasteiger partial charge in [-0.25, -0.2) is 4.79 Å². The molecule has 31 heavy (non-hydrogen) atoms. The maximum Gasteiger partial charge on any atom is 0.343 e. The van der Waals surface area contributed by atoms with Crippen LogP contribution < -0.4 is 10.5 Å². The molecule has 0 fully saturated rings. The lowest BCUT2D eigenvalue weighted by molar-refractivity contribution is -0.119. The lowest BCUT2D eigenvalue weighted by atomic mass is 9.70. The lowest BCUT2D eigenvalue weighted by Gasteiger charge is -2.37. The summed E-state index contributed by atoms with van der Waals surface area (Å²) in [6.45, 7) is 4.01. The number of nitriles is 1. The normalized spacial score (nSPS) is 19.9. The van der Waals surface area contributed by atoms with Crippen molar-refractivity contribution >= 4 is 11.8 Å². The second-order valence-electron chi connectivity index (χ2n) is 8.53. The molecule has 2 aromatic carbocycles. The highest BCUT2D eigenvalue weighted by atomic mass is 16.5. The van der Waals surface area contributed by atoms with Crippen LogP contribution in [-0.2, 0) is 9.53 Å². The van der Waals surface area contributed by atoms with E-state index in [4.69, 9.17) is 15.2 Å². The third-order valence-electron chi connectivity index (χ3n) is 5.51. The summed E-state index contributed by atoms with van der Waals surface area (Å²) in [7, 11) is 0. The van der Waals surface area contributed by atoms with Crippen LogP contribution in [-0.4, -0.2) is 11.8 Å². The van der Waals surface area contributed by atoms with Gasteiger partial charge in [0.05, 0.1) is 11.5 Å². The van der Waals surface area contributed by atoms with Crippen molar-refractivity contribution in [3.63, 3.8) is 0 Å². The number of nitrogens with zero attached hydrogens (tertiary/aromatic N) is 1. The number of ketones is 1. The van der Waals surface area contributed by atoms with Crippen molar-refractivity contribution < 1.29 is 19.1 Å². The van der Waals surface area contributed by atoms with Crippen molar-refractivity contribution in [3.05, 3.63) is 88.5 Å². The highest BCUT2D eigenvalue weighted by Crippen LogP contribution is 2.47. The van der Waals surface area contributed by atoms with Gasteiger partial charge in [-0.1, -0.05) is 44.2 Å². The molecule has 1 aliphatic carbocycles. The molecule has 0 unspecified atom stereocenters. The molecule has 156 valence electrons. The third-order valence-corrected chi connectivity index (χ3v) is 5.51. The average Bonchev–Trinajstić information content (AvgIpc) is 2.73. The fraction of sp³-hybridized carbons (Fsp3) is 0.240. The standard InChI is InChI=1S/C25H22N2O4/c1-25(2)12-19(28)22-20(13-25)31-23(27)18(14-26)21(22)15-8-10-17(11-9-15)30-24(29)16-6-4-3-5-7-16/h3-11,21H,12-13,27H2,1-2H3/t21-/m1/s1. The first-order chi connectivity index (χ1) is 14.8. The molecule has 1 aliphatic heterocycles.